The second kappa shape index (κ2) is 15.5. The third-order valence-corrected chi connectivity index (χ3v) is 11.5. The number of aromatic nitrogens is 2. The first-order valence-electron chi connectivity index (χ1n) is 20.3. The number of nitrogens with zero attached hydrogens (tertiary/aromatic N) is 3. The van der Waals surface area contributed by atoms with E-state index in [1.54, 1.807) is 86.4 Å². The zero-order chi connectivity index (χ0) is 42.7. The average molecular weight is 809 g/mol. The number of ether oxygens (including phenoxy) is 5. The number of rotatable bonds is 10. The molecule has 1 aromatic carbocycles. The van der Waals surface area contributed by atoms with Crippen molar-refractivity contribution in [2.24, 2.45) is 17.3 Å². The van der Waals surface area contributed by atoms with Crippen molar-refractivity contribution in [3.05, 3.63) is 41.5 Å². The van der Waals surface area contributed by atoms with Crippen molar-refractivity contribution in [1.82, 2.24) is 19.8 Å². The van der Waals surface area contributed by atoms with Crippen molar-refractivity contribution < 1.29 is 52.2 Å². The molecule has 1 amide bonds. The van der Waals surface area contributed by atoms with Crippen LogP contribution in [0.15, 0.2) is 24.7 Å². The van der Waals surface area contributed by atoms with E-state index in [4.69, 9.17) is 33.0 Å². The Bertz CT molecular complexity index is 1900. The highest BCUT2D eigenvalue weighted by Gasteiger charge is 2.67. The van der Waals surface area contributed by atoms with Crippen molar-refractivity contribution in [3.63, 3.8) is 0 Å². The smallest absolute Gasteiger partial charge is 0.486 e. The molecule has 0 radical (unpaired) electrons. The molecule has 0 spiro atoms. The predicted molar refractivity (Wildman–Crippen MR) is 214 cm³/mol. The molecule has 2 aromatic rings. The molecule has 2 saturated heterocycles. The van der Waals surface area contributed by atoms with Crippen LogP contribution in [0.2, 0.25) is 6.32 Å². The minimum atomic E-state index is -0.989. The zero-order valence-electron chi connectivity index (χ0n) is 36.3. The van der Waals surface area contributed by atoms with Gasteiger partial charge < -0.3 is 43.2 Å². The van der Waals surface area contributed by atoms with Gasteiger partial charge in [0.25, 0.3) is 0 Å². The molecule has 2 aliphatic heterocycles. The third kappa shape index (κ3) is 9.18. The average Bonchev–Trinajstić information content (AvgIpc) is 3.67. The van der Waals surface area contributed by atoms with Gasteiger partial charge in [0.05, 0.1) is 30.5 Å². The maximum atomic E-state index is 14.1. The number of carbonyl (C=O) groups excluding carboxylic acids is 4. The number of carbonyl (C=O) groups is 4. The standard InChI is InChI=1S/C42H61BN4O11/c1-38(2,3)54-35(49)31-28(52-26-20-46(21-26)34(48)32(44-13)27-22-47(23-45-27)36(50)55-39(4,5)6)15-14-24(33(31)53-37(51)56-40(7,8)9)16-17-43-57-30-19-25-18-29(41(25,10)11)42(30,12)58-43/h14-15,22-23,25-26,29-30,32,44H,16-21H2,1-13H3/t25-,29-,30+,32?,42-/m0/s1. The van der Waals surface area contributed by atoms with Gasteiger partial charge in [0.15, 0.2) is 5.75 Å². The molecule has 318 valence electrons. The summed E-state index contributed by atoms with van der Waals surface area (Å²) in [7, 11) is 1.15. The van der Waals surface area contributed by atoms with Crippen LogP contribution >= 0.6 is 0 Å². The zero-order valence-corrected chi connectivity index (χ0v) is 36.3. The van der Waals surface area contributed by atoms with Crippen LogP contribution in [0.3, 0.4) is 0 Å². The van der Waals surface area contributed by atoms with E-state index in [1.165, 1.54) is 17.1 Å². The topological polar surface area (TPSA) is 166 Å². The van der Waals surface area contributed by atoms with Gasteiger partial charge in [-0.05, 0) is 131 Å². The van der Waals surface area contributed by atoms with Crippen LogP contribution in [0.25, 0.3) is 0 Å². The van der Waals surface area contributed by atoms with Crippen molar-refractivity contribution in [1.29, 1.82) is 0 Å². The van der Waals surface area contributed by atoms with E-state index in [9.17, 15) is 19.2 Å². The molecular weight excluding hydrogens is 747 g/mol. The number of hydrogen-bond acceptors (Lipinski definition) is 13. The van der Waals surface area contributed by atoms with E-state index in [1.807, 2.05) is 0 Å². The van der Waals surface area contributed by atoms with Crippen molar-refractivity contribution in [2.45, 2.75) is 149 Å². The Balaban J connectivity index is 1.21. The van der Waals surface area contributed by atoms with Crippen molar-refractivity contribution in [3.8, 4) is 11.5 Å². The fourth-order valence-corrected chi connectivity index (χ4v) is 8.60. The summed E-state index contributed by atoms with van der Waals surface area (Å²) in [5, 5.41) is 2.98. The first-order valence-corrected chi connectivity index (χ1v) is 20.3. The summed E-state index contributed by atoms with van der Waals surface area (Å²) in [6.45, 7) is 22.9. The number of benzene rings is 1. The Kier molecular flexibility index (Phi) is 11.6. The van der Waals surface area contributed by atoms with Crippen LogP contribution in [0.1, 0.15) is 124 Å². The first kappa shape index (κ1) is 43.4. The Morgan fingerprint density at radius 3 is 2.21 bits per heavy atom. The number of aryl methyl sites for hydroxylation is 1. The summed E-state index contributed by atoms with van der Waals surface area (Å²) in [6, 6.07) is 2.58. The monoisotopic (exact) mass is 808 g/mol. The van der Waals surface area contributed by atoms with Crippen LogP contribution in [0.4, 0.5) is 9.59 Å². The number of hydrogen-bond donors (Lipinski definition) is 1. The molecule has 1 aromatic heterocycles. The highest BCUT2D eigenvalue weighted by molar-refractivity contribution is 6.45. The fourth-order valence-electron chi connectivity index (χ4n) is 8.60. The van der Waals surface area contributed by atoms with Gasteiger partial charge in [-0.1, -0.05) is 19.9 Å². The number of likely N-dealkylation sites (tertiary alicyclic amines) is 1. The summed E-state index contributed by atoms with van der Waals surface area (Å²) in [6.07, 6.45) is 3.55. The van der Waals surface area contributed by atoms with E-state index >= 15 is 0 Å². The Morgan fingerprint density at radius 1 is 0.948 bits per heavy atom. The fraction of sp³-hybridized carbons (Fsp3) is 0.690. The third-order valence-electron chi connectivity index (χ3n) is 11.5. The molecule has 1 N–H and O–H groups in total. The minimum absolute atomic E-state index is 0.00622. The molecule has 5 fully saturated rings. The number of likely N-dealkylation sites (N-methyl/N-ethyl adjacent to an activating group) is 1. The lowest BCUT2D eigenvalue weighted by molar-refractivity contribution is -0.199. The van der Waals surface area contributed by atoms with Gasteiger partial charge in [0, 0.05) is 6.20 Å². The summed E-state index contributed by atoms with van der Waals surface area (Å²) in [5.41, 5.74) is -1.83. The SMILES string of the molecule is CNC(C(=O)N1CC(Oc2ccc(CCB3O[C@@H]4C[C@@H]5C[C@@H](C5(C)C)[C@]4(C)O3)c(OC(=O)OC(C)(C)C)c2C(=O)OC(C)(C)C)C1)c1cn(C(=O)OC(C)(C)C)cn1. The number of esters is 1. The molecule has 7 rings (SSSR count). The lowest BCUT2D eigenvalue weighted by Crippen LogP contribution is -2.65. The van der Waals surface area contributed by atoms with Crippen LogP contribution in [0, 0.1) is 17.3 Å². The van der Waals surface area contributed by atoms with Crippen LogP contribution in [-0.4, -0.2) is 100 Å². The summed E-state index contributed by atoms with van der Waals surface area (Å²) in [4.78, 5) is 59.4. The number of nitrogens with one attached hydrogen (secondary N) is 1. The molecule has 3 saturated carbocycles. The maximum Gasteiger partial charge on any atom is 0.514 e. The molecule has 1 unspecified atom stereocenters. The van der Waals surface area contributed by atoms with Crippen LogP contribution in [-0.2, 0) is 34.7 Å². The second-order valence-corrected chi connectivity index (χ2v) is 19.8. The van der Waals surface area contributed by atoms with Gasteiger partial charge in [-0.2, -0.15) is 0 Å². The molecule has 5 atom stereocenters. The highest BCUT2D eigenvalue weighted by Crippen LogP contribution is 2.65. The molecular formula is C42H61BN4O11. The van der Waals surface area contributed by atoms with E-state index < -0.39 is 54.3 Å². The van der Waals surface area contributed by atoms with Gasteiger partial charge in [0.1, 0.15) is 46.6 Å². The van der Waals surface area contributed by atoms with Gasteiger partial charge in [-0.3, -0.25) is 4.79 Å². The Hall–Kier alpha value is -4.15. The number of amides is 1. The second-order valence-electron chi connectivity index (χ2n) is 19.8. The van der Waals surface area contributed by atoms with E-state index in [-0.39, 0.29) is 53.2 Å². The minimum Gasteiger partial charge on any atom is -0.486 e. The maximum absolute atomic E-state index is 14.1. The molecule has 2 bridgehead atoms. The first-order chi connectivity index (χ1) is 26.8. The van der Waals surface area contributed by atoms with Crippen molar-refractivity contribution >= 4 is 31.2 Å². The van der Waals surface area contributed by atoms with Gasteiger partial charge in [-0.15, -0.1) is 0 Å². The molecule has 58 heavy (non-hydrogen) atoms. The van der Waals surface area contributed by atoms with Crippen molar-refractivity contribution in [2.75, 3.05) is 20.1 Å². The molecule has 3 aliphatic carbocycles. The normalized spacial score (nSPS) is 24.5. The van der Waals surface area contributed by atoms with E-state index in [2.05, 4.69) is 31.1 Å². The van der Waals surface area contributed by atoms with Crippen LogP contribution in [0.5, 0.6) is 11.5 Å². The molecule has 15 nitrogen and oxygen atoms in total. The predicted octanol–water partition coefficient (Wildman–Crippen LogP) is 6.76. The van der Waals surface area contributed by atoms with E-state index in [0.29, 0.717) is 35.8 Å². The van der Waals surface area contributed by atoms with Gasteiger partial charge in [0.2, 0.25) is 5.91 Å². The molecule has 3 heterocycles. The van der Waals surface area contributed by atoms with Gasteiger partial charge in [-0.25, -0.2) is 23.9 Å². The summed E-state index contributed by atoms with van der Waals surface area (Å²) >= 11 is 0. The largest absolute Gasteiger partial charge is 0.514 e. The Morgan fingerprint density at radius 2 is 1.60 bits per heavy atom. The van der Waals surface area contributed by atoms with Crippen LogP contribution < -0.4 is 14.8 Å². The summed E-state index contributed by atoms with van der Waals surface area (Å²) in [5.74, 6) is 0.0775. The molecule has 16 heteroatoms. The lowest BCUT2D eigenvalue weighted by atomic mass is 9.43. The number of imidazole rings is 1. The summed E-state index contributed by atoms with van der Waals surface area (Å²) < 4.78 is 43.5. The quantitative estimate of drug-likeness (QED) is 0.116. The van der Waals surface area contributed by atoms with Gasteiger partial charge >= 0.3 is 25.3 Å². The Labute approximate surface area is 342 Å². The highest BCUT2D eigenvalue weighted by atomic mass is 16.7. The lowest BCUT2D eigenvalue weighted by Gasteiger charge is -2.64. The molecule has 5 aliphatic rings. The van der Waals surface area contributed by atoms with E-state index in [0.717, 1.165) is 12.8 Å².